The molecule has 1 aromatic heterocycles. The number of halogens is 2. The van der Waals surface area contributed by atoms with Crippen molar-refractivity contribution in [3.63, 3.8) is 0 Å². The topological polar surface area (TPSA) is 115 Å². The molecular formula is C20H15Cl2N3O4S. The van der Waals surface area contributed by atoms with Crippen LogP contribution in [0.5, 0.6) is 11.6 Å². The van der Waals surface area contributed by atoms with Crippen LogP contribution in [-0.4, -0.2) is 27.6 Å². The number of benzene rings is 2. The van der Waals surface area contributed by atoms with Gasteiger partial charge in [-0.1, -0.05) is 35.3 Å². The molecule has 0 bridgehead atoms. The van der Waals surface area contributed by atoms with E-state index >= 15 is 0 Å². The van der Waals surface area contributed by atoms with E-state index in [1.807, 2.05) is 6.07 Å². The summed E-state index contributed by atoms with van der Waals surface area (Å²) in [5.41, 5.74) is 2.34. The van der Waals surface area contributed by atoms with Crippen LogP contribution in [0.15, 0.2) is 47.4 Å². The van der Waals surface area contributed by atoms with E-state index in [0.29, 0.717) is 28.1 Å². The van der Waals surface area contributed by atoms with E-state index in [1.165, 1.54) is 26.4 Å². The first-order valence-electron chi connectivity index (χ1n) is 8.35. The fourth-order valence-corrected chi connectivity index (χ4v) is 4.04. The quantitative estimate of drug-likeness (QED) is 0.604. The molecule has 0 radical (unpaired) electrons. The second kappa shape index (κ2) is 8.50. The van der Waals surface area contributed by atoms with Crippen LogP contribution in [0.3, 0.4) is 0 Å². The van der Waals surface area contributed by atoms with Gasteiger partial charge in [0.25, 0.3) is 0 Å². The molecule has 0 amide bonds. The first-order valence-corrected chi connectivity index (χ1v) is 10.7. The number of ether oxygens (including phenoxy) is 2. The molecule has 0 spiro atoms. The Morgan fingerprint density at radius 2 is 1.60 bits per heavy atom. The summed E-state index contributed by atoms with van der Waals surface area (Å²) in [7, 11) is -0.986. The van der Waals surface area contributed by atoms with E-state index in [4.69, 9.17) is 37.8 Å². The largest absolute Gasteiger partial charge is 0.494 e. The zero-order valence-corrected chi connectivity index (χ0v) is 18.1. The van der Waals surface area contributed by atoms with Gasteiger partial charge in [-0.2, -0.15) is 5.26 Å². The molecule has 0 saturated carbocycles. The van der Waals surface area contributed by atoms with E-state index in [2.05, 4.69) is 4.98 Å². The zero-order valence-electron chi connectivity index (χ0n) is 15.8. The van der Waals surface area contributed by atoms with Gasteiger partial charge in [0.05, 0.1) is 34.9 Å². The highest BCUT2D eigenvalue weighted by Gasteiger charge is 2.19. The van der Waals surface area contributed by atoms with Crippen molar-refractivity contribution in [2.75, 3.05) is 14.2 Å². The van der Waals surface area contributed by atoms with Crippen molar-refractivity contribution in [3.8, 4) is 40.1 Å². The molecule has 7 nitrogen and oxygen atoms in total. The molecule has 3 aromatic rings. The van der Waals surface area contributed by atoms with Crippen molar-refractivity contribution in [3.05, 3.63) is 58.1 Å². The molecule has 0 aliphatic carbocycles. The maximum absolute atomic E-state index is 11.6. The summed E-state index contributed by atoms with van der Waals surface area (Å²) in [4.78, 5) is 4.43. The summed E-state index contributed by atoms with van der Waals surface area (Å²) in [6.45, 7) is 0. The third kappa shape index (κ3) is 4.20. The van der Waals surface area contributed by atoms with Gasteiger partial charge < -0.3 is 9.47 Å². The Balaban J connectivity index is 2.29. The minimum absolute atomic E-state index is 0.0367. The van der Waals surface area contributed by atoms with E-state index in [9.17, 15) is 13.7 Å². The Kier molecular flexibility index (Phi) is 6.19. The molecule has 1 heterocycles. The number of hydrogen-bond donors (Lipinski definition) is 1. The van der Waals surface area contributed by atoms with Crippen LogP contribution in [0.4, 0.5) is 0 Å². The Hall–Kier alpha value is -2.83. The predicted octanol–water partition coefficient (Wildman–Crippen LogP) is 4.26. The zero-order chi connectivity index (χ0) is 22.1. The van der Waals surface area contributed by atoms with Crippen molar-refractivity contribution < 1.29 is 17.9 Å². The van der Waals surface area contributed by atoms with Gasteiger partial charge in [-0.3, -0.25) is 0 Å². The first-order chi connectivity index (χ1) is 14.2. The number of rotatable bonds is 5. The van der Waals surface area contributed by atoms with Gasteiger partial charge in [0.2, 0.25) is 15.9 Å². The van der Waals surface area contributed by atoms with Gasteiger partial charge in [0.1, 0.15) is 11.6 Å². The van der Waals surface area contributed by atoms with Gasteiger partial charge in [0, 0.05) is 11.1 Å². The van der Waals surface area contributed by atoms with Crippen LogP contribution in [0, 0.1) is 11.3 Å². The molecule has 10 heteroatoms. The second-order valence-electron chi connectivity index (χ2n) is 6.10. The van der Waals surface area contributed by atoms with Crippen LogP contribution in [0.1, 0.15) is 5.56 Å². The van der Waals surface area contributed by atoms with Crippen LogP contribution < -0.4 is 14.6 Å². The van der Waals surface area contributed by atoms with E-state index in [1.54, 1.807) is 30.3 Å². The first kappa shape index (κ1) is 21.9. The van der Waals surface area contributed by atoms with E-state index < -0.39 is 10.0 Å². The van der Waals surface area contributed by atoms with Crippen LogP contribution >= 0.6 is 23.2 Å². The molecule has 0 fully saturated rings. The molecule has 2 aromatic carbocycles. The second-order valence-corrected chi connectivity index (χ2v) is 8.47. The molecule has 0 aliphatic rings. The summed E-state index contributed by atoms with van der Waals surface area (Å²) in [5, 5.41) is 15.2. The predicted molar refractivity (Wildman–Crippen MR) is 114 cm³/mol. The summed E-state index contributed by atoms with van der Waals surface area (Å²) >= 11 is 12.6. The molecule has 30 heavy (non-hydrogen) atoms. The monoisotopic (exact) mass is 463 g/mol. The number of nitriles is 1. The third-order valence-corrected chi connectivity index (χ3v) is 5.76. The van der Waals surface area contributed by atoms with Crippen molar-refractivity contribution in [1.29, 1.82) is 5.26 Å². The molecule has 0 saturated heterocycles. The number of aromatic nitrogens is 1. The Morgan fingerprint density at radius 3 is 2.07 bits per heavy atom. The van der Waals surface area contributed by atoms with Crippen molar-refractivity contribution in [2.45, 2.75) is 4.90 Å². The van der Waals surface area contributed by atoms with Gasteiger partial charge >= 0.3 is 0 Å². The number of pyridine rings is 1. The van der Waals surface area contributed by atoms with Crippen molar-refractivity contribution in [1.82, 2.24) is 4.98 Å². The van der Waals surface area contributed by atoms with Crippen LogP contribution in [0.25, 0.3) is 22.4 Å². The molecule has 154 valence electrons. The molecule has 2 N–H and O–H groups in total. The lowest BCUT2D eigenvalue weighted by Crippen LogP contribution is -2.11. The third-order valence-electron chi connectivity index (χ3n) is 4.27. The lowest BCUT2D eigenvalue weighted by molar-refractivity contribution is 0.397. The average Bonchev–Trinajstić information content (AvgIpc) is 2.72. The molecule has 0 unspecified atom stereocenters. The standard InChI is InChI=1S/C20H15Cl2N3O4S/c1-28-19-16(21)8-12(9-17(19)22)18-15(7-13(10-23)20(25-18)29-2)11-3-5-14(6-4-11)30(24,26)27/h3-9H,1-2H3,(H2,24,26,27). The highest BCUT2D eigenvalue weighted by Crippen LogP contribution is 2.41. The van der Waals surface area contributed by atoms with Gasteiger partial charge in [-0.15, -0.1) is 0 Å². The number of primary sulfonamides is 1. The molecule has 0 atom stereocenters. The summed E-state index contributed by atoms with van der Waals surface area (Å²) in [6, 6.07) is 12.8. The molecule has 0 aliphatic heterocycles. The summed E-state index contributed by atoms with van der Waals surface area (Å²) in [5.74, 6) is 0.446. The normalized spacial score (nSPS) is 11.1. The fourth-order valence-electron chi connectivity index (χ4n) is 2.89. The maximum Gasteiger partial charge on any atom is 0.238 e. The van der Waals surface area contributed by atoms with Crippen LogP contribution in [0.2, 0.25) is 10.0 Å². The molecular weight excluding hydrogens is 449 g/mol. The van der Waals surface area contributed by atoms with Crippen LogP contribution in [-0.2, 0) is 10.0 Å². The summed E-state index contributed by atoms with van der Waals surface area (Å²) in [6.07, 6.45) is 0. The van der Waals surface area contributed by atoms with Gasteiger partial charge in [0.15, 0.2) is 5.75 Å². The van der Waals surface area contributed by atoms with E-state index in [-0.39, 0.29) is 26.4 Å². The SMILES string of the molecule is COc1nc(-c2cc(Cl)c(OC)c(Cl)c2)c(-c2ccc(S(N)(=O)=O)cc2)cc1C#N. The lowest BCUT2D eigenvalue weighted by Gasteiger charge is -2.14. The number of methoxy groups -OCH3 is 2. The Morgan fingerprint density at radius 1 is 1.00 bits per heavy atom. The maximum atomic E-state index is 11.6. The highest BCUT2D eigenvalue weighted by atomic mass is 35.5. The van der Waals surface area contributed by atoms with Gasteiger partial charge in [-0.25, -0.2) is 18.5 Å². The van der Waals surface area contributed by atoms with Crippen molar-refractivity contribution >= 4 is 33.2 Å². The summed E-state index contributed by atoms with van der Waals surface area (Å²) < 4.78 is 33.5. The minimum atomic E-state index is -3.84. The lowest BCUT2D eigenvalue weighted by atomic mass is 9.97. The van der Waals surface area contributed by atoms with Gasteiger partial charge in [-0.05, 0) is 35.9 Å². The Labute approximate surface area is 183 Å². The minimum Gasteiger partial charge on any atom is -0.494 e. The number of sulfonamides is 1. The number of hydrogen-bond acceptors (Lipinski definition) is 6. The number of nitrogens with two attached hydrogens (primary N) is 1. The molecule has 3 rings (SSSR count). The van der Waals surface area contributed by atoms with E-state index in [0.717, 1.165) is 0 Å². The Bertz CT molecular complexity index is 1250. The fraction of sp³-hybridized carbons (Fsp3) is 0.100. The van der Waals surface area contributed by atoms with Crippen molar-refractivity contribution in [2.24, 2.45) is 5.14 Å². The highest BCUT2D eigenvalue weighted by molar-refractivity contribution is 7.89. The average molecular weight is 464 g/mol. The number of nitrogens with zero attached hydrogens (tertiary/aromatic N) is 2. The smallest absolute Gasteiger partial charge is 0.238 e.